The maximum Gasteiger partial charge on any atom is 0.339 e. The number of nitriles is 1. The molecule has 2 aromatic carbocycles. The van der Waals surface area contributed by atoms with Gasteiger partial charge in [0, 0.05) is 5.56 Å². The summed E-state index contributed by atoms with van der Waals surface area (Å²) in [6.45, 7) is 0. The number of benzene rings is 2. The minimum Gasteiger partial charge on any atom is -0.495 e. The molecule has 0 atom stereocenters. The standard InChI is InChI=1S/C15H11NO3/c1-19-14-12(15(17)18)8-7-11(9-16)13(14)10-5-3-2-4-6-10/h2-8H,1H3,(H,17,18). The summed E-state index contributed by atoms with van der Waals surface area (Å²) in [6, 6.07) is 14.1. The van der Waals surface area contributed by atoms with Gasteiger partial charge in [-0.2, -0.15) is 5.26 Å². The first kappa shape index (κ1) is 12.7. The number of carboxylic acids is 1. The van der Waals surface area contributed by atoms with Crippen molar-refractivity contribution in [1.82, 2.24) is 0 Å². The van der Waals surface area contributed by atoms with Crippen molar-refractivity contribution >= 4 is 5.97 Å². The van der Waals surface area contributed by atoms with E-state index in [2.05, 4.69) is 6.07 Å². The molecule has 0 unspecified atom stereocenters. The molecule has 19 heavy (non-hydrogen) atoms. The Morgan fingerprint density at radius 1 is 1.21 bits per heavy atom. The highest BCUT2D eigenvalue weighted by Crippen LogP contribution is 2.36. The quantitative estimate of drug-likeness (QED) is 0.912. The molecule has 0 heterocycles. The number of aromatic carboxylic acids is 1. The monoisotopic (exact) mass is 253 g/mol. The lowest BCUT2D eigenvalue weighted by molar-refractivity contribution is 0.0693. The Hall–Kier alpha value is -2.80. The molecule has 0 spiro atoms. The first-order chi connectivity index (χ1) is 9.19. The van der Waals surface area contributed by atoms with E-state index < -0.39 is 5.97 Å². The van der Waals surface area contributed by atoms with E-state index in [1.165, 1.54) is 19.2 Å². The van der Waals surface area contributed by atoms with Crippen LogP contribution in [0.4, 0.5) is 0 Å². The number of nitrogens with zero attached hydrogens (tertiary/aromatic N) is 1. The highest BCUT2D eigenvalue weighted by Gasteiger charge is 2.19. The minimum atomic E-state index is -1.08. The van der Waals surface area contributed by atoms with Gasteiger partial charge in [-0.1, -0.05) is 30.3 Å². The number of carboxylic acid groups (broad SMARTS) is 1. The summed E-state index contributed by atoms with van der Waals surface area (Å²) in [7, 11) is 1.40. The molecule has 2 aromatic rings. The van der Waals surface area contributed by atoms with Gasteiger partial charge in [0.1, 0.15) is 11.3 Å². The third-order valence-electron chi connectivity index (χ3n) is 2.78. The van der Waals surface area contributed by atoms with Gasteiger partial charge in [-0.05, 0) is 17.7 Å². The Kier molecular flexibility index (Phi) is 3.48. The second-order valence-corrected chi connectivity index (χ2v) is 3.85. The van der Waals surface area contributed by atoms with Gasteiger partial charge < -0.3 is 9.84 Å². The molecule has 0 fully saturated rings. The van der Waals surface area contributed by atoms with Gasteiger partial charge in [0.05, 0.1) is 18.7 Å². The summed E-state index contributed by atoms with van der Waals surface area (Å²) in [6.07, 6.45) is 0. The summed E-state index contributed by atoms with van der Waals surface area (Å²) >= 11 is 0. The fraction of sp³-hybridized carbons (Fsp3) is 0.0667. The van der Waals surface area contributed by atoms with Crippen molar-refractivity contribution in [3.8, 4) is 22.9 Å². The third-order valence-corrected chi connectivity index (χ3v) is 2.78. The highest BCUT2D eigenvalue weighted by molar-refractivity contribution is 5.95. The molecule has 0 amide bonds. The summed E-state index contributed by atoms with van der Waals surface area (Å²) < 4.78 is 5.20. The van der Waals surface area contributed by atoms with Gasteiger partial charge >= 0.3 is 5.97 Å². The van der Waals surface area contributed by atoms with E-state index in [-0.39, 0.29) is 11.3 Å². The van der Waals surface area contributed by atoms with Crippen molar-refractivity contribution in [2.75, 3.05) is 7.11 Å². The van der Waals surface area contributed by atoms with Gasteiger partial charge in [-0.3, -0.25) is 0 Å². The highest BCUT2D eigenvalue weighted by atomic mass is 16.5. The molecule has 0 saturated carbocycles. The Morgan fingerprint density at radius 2 is 1.89 bits per heavy atom. The molecule has 94 valence electrons. The first-order valence-corrected chi connectivity index (χ1v) is 5.59. The fourth-order valence-corrected chi connectivity index (χ4v) is 1.95. The number of ether oxygens (including phenoxy) is 1. The number of hydrogen-bond acceptors (Lipinski definition) is 3. The van der Waals surface area contributed by atoms with Gasteiger partial charge in [-0.15, -0.1) is 0 Å². The lowest BCUT2D eigenvalue weighted by Gasteiger charge is -2.13. The fourth-order valence-electron chi connectivity index (χ4n) is 1.95. The molecule has 4 heteroatoms. The molecule has 2 rings (SSSR count). The van der Waals surface area contributed by atoms with E-state index in [0.717, 1.165) is 5.56 Å². The van der Waals surface area contributed by atoms with Crippen LogP contribution in [0.15, 0.2) is 42.5 Å². The summed E-state index contributed by atoms with van der Waals surface area (Å²) in [4.78, 5) is 11.2. The second-order valence-electron chi connectivity index (χ2n) is 3.85. The topological polar surface area (TPSA) is 70.3 Å². The van der Waals surface area contributed by atoms with Crippen LogP contribution in [-0.4, -0.2) is 18.2 Å². The maximum absolute atomic E-state index is 11.2. The van der Waals surface area contributed by atoms with E-state index in [1.807, 2.05) is 30.3 Å². The van der Waals surface area contributed by atoms with Crippen LogP contribution >= 0.6 is 0 Å². The van der Waals surface area contributed by atoms with Gasteiger partial charge in [-0.25, -0.2) is 4.79 Å². The van der Waals surface area contributed by atoms with Crippen molar-refractivity contribution in [1.29, 1.82) is 5.26 Å². The Morgan fingerprint density at radius 3 is 2.42 bits per heavy atom. The summed E-state index contributed by atoms with van der Waals surface area (Å²) in [5.74, 6) is -0.878. The van der Waals surface area contributed by atoms with Crippen molar-refractivity contribution in [2.45, 2.75) is 0 Å². The zero-order valence-electron chi connectivity index (χ0n) is 10.3. The molecule has 4 nitrogen and oxygen atoms in total. The number of hydrogen-bond donors (Lipinski definition) is 1. The molecular weight excluding hydrogens is 242 g/mol. The SMILES string of the molecule is COc1c(C(=O)O)ccc(C#N)c1-c1ccccc1. The molecule has 0 bridgehead atoms. The zero-order valence-corrected chi connectivity index (χ0v) is 10.3. The lowest BCUT2D eigenvalue weighted by Crippen LogP contribution is -2.03. The van der Waals surface area contributed by atoms with Crippen LogP contribution in [0, 0.1) is 11.3 Å². The van der Waals surface area contributed by atoms with Crippen LogP contribution < -0.4 is 4.74 Å². The van der Waals surface area contributed by atoms with Crippen molar-refractivity contribution in [3.05, 3.63) is 53.6 Å². The van der Waals surface area contributed by atoms with Crippen molar-refractivity contribution in [3.63, 3.8) is 0 Å². The molecule has 0 aliphatic carbocycles. The second kappa shape index (κ2) is 5.23. The molecule has 0 aromatic heterocycles. The van der Waals surface area contributed by atoms with Crippen LogP contribution in [0.1, 0.15) is 15.9 Å². The Balaban J connectivity index is 2.80. The van der Waals surface area contributed by atoms with E-state index in [1.54, 1.807) is 0 Å². The molecule has 0 aliphatic rings. The third kappa shape index (κ3) is 2.26. The maximum atomic E-state index is 11.2. The smallest absolute Gasteiger partial charge is 0.339 e. The average molecular weight is 253 g/mol. The number of rotatable bonds is 3. The number of methoxy groups -OCH3 is 1. The van der Waals surface area contributed by atoms with Gasteiger partial charge in [0.25, 0.3) is 0 Å². The first-order valence-electron chi connectivity index (χ1n) is 5.59. The molecular formula is C15H11NO3. The van der Waals surface area contributed by atoms with Gasteiger partial charge in [0.15, 0.2) is 0 Å². The molecule has 1 N–H and O–H groups in total. The van der Waals surface area contributed by atoms with Gasteiger partial charge in [0.2, 0.25) is 0 Å². The Labute approximate surface area is 110 Å². The van der Waals surface area contributed by atoms with E-state index >= 15 is 0 Å². The van der Waals surface area contributed by atoms with E-state index in [0.29, 0.717) is 11.1 Å². The van der Waals surface area contributed by atoms with Crippen LogP contribution in [0.2, 0.25) is 0 Å². The largest absolute Gasteiger partial charge is 0.495 e. The normalized spacial score (nSPS) is 9.68. The predicted molar refractivity (Wildman–Crippen MR) is 70.1 cm³/mol. The number of carbonyl (C=O) groups is 1. The molecule has 0 aliphatic heterocycles. The average Bonchev–Trinajstić information content (AvgIpc) is 2.46. The van der Waals surface area contributed by atoms with Crippen LogP contribution in [0.25, 0.3) is 11.1 Å². The zero-order chi connectivity index (χ0) is 13.8. The van der Waals surface area contributed by atoms with Crippen LogP contribution in [0.5, 0.6) is 5.75 Å². The summed E-state index contributed by atoms with van der Waals surface area (Å²) in [5, 5.41) is 18.3. The van der Waals surface area contributed by atoms with Crippen LogP contribution in [0.3, 0.4) is 0 Å². The molecule has 0 radical (unpaired) electrons. The van der Waals surface area contributed by atoms with Crippen molar-refractivity contribution < 1.29 is 14.6 Å². The van der Waals surface area contributed by atoms with Crippen LogP contribution in [-0.2, 0) is 0 Å². The summed E-state index contributed by atoms with van der Waals surface area (Å²) in [5.41, 5.74) is 1.68. The van der Waals surface area contributed by atoms with E-state index in [4.69, 9.17) is 9.84 Å². The minimum absolute atomic E-state index is 0.0420. The lowest BCUT2D eigenvalue weighted by atomic mass is 9.96. The Bertz CT molecular complexity index is 657. The van der Waals surface area contributed by atoms with E-state index in [9.17, 15) is 10.1 Å². The predicted octanol–water partition coefficient (Wildman–Crippen LogP) is 2.93. The molecule has 0 saturated heterocycles. The van der Waals surface area contributed by atoms with Crippen molar-refractivity contribution in [2.24, 2.45) is 0 Å².